The Morgan fingerprint density at radius 1 is 1.08 bits per heavy atom. The summed E-state index contributed by atoms with van der Waals surface area (Å²) in [5, 5.41) is 0. The Labute approximate surface area is 152 Å². The van der Waals surface area contributed by atoms with Crippen LogP contribution in [0, 0.1) is 19.7 Å². The van der Waals surface area contributed by atoms with E-state index in [4.69, 9.17) is 4.42 Å². The van der Waals surface area contributed by atoms with E-state index in [0.717, 1.165) is 17.5 Å². The van der Waals surface area contributed by atoms with Gasteiger partial charge in [0.25, 0.3) is 5.91 Å². The number of benzene rings is 2. The van der Waals surface area contributed by atoms with Gasteiger partial charge in [-0.3, -0.25) is 4.79 Å². The van der Waals surface area contributed by atoms with Crippen molar-refractivity contribution in [3.05, 3.63) is 94.2 Å². The number of fused-ring (bicyclic) bond motifs is 1. The van der Waals surface area contributed by atoms with Crippen LogP contribution in [-0.4, -0.2) is 17.4 Å². The number of aryl methyl sites for hydroxylation is 2. The fourth-order valence-electron chi connectivity index (χ4n) is 3.82. The summed E-state index contributed by atoms with van der Waals surface area (Å²) in [4.78, 5) is 15.0. The lowest BCUT2D eigenvalue weighted by Crippen LogP contribution is -2.41. The number of hydrogen-bond acceptors (Lipinski definition) is 2. The van der Waals surface area contributed by atoms with Crippen molar-refractivity contribution >= 4 is 5.91 Å². The second-order valence-corrected chi connectivity index (χ2v) is 6.70. The van der Waals surface area contributed by atoms with Crippen molar-refractivity contribution in [1.82, 2.24) is 4.90 Å². The number of nitrogens with zero attached hydrogens (tertiary/aromatic N) is 1. The number of hydrogen-bond donors (Lipinski definition) is 0. The molecule has 0 N–H and O–H groups in total. The normalized spacial score (nSPS) is 16.4. The number of rotatable bonds is 2. The molecule has 26 heavy (non-hydrogen) atoms. The first-order chi connectivity index (χ1) is 12.6. The minimum Gasteiger partial charge on any atom is -0.466 e. The molecular weight excluding hydrogens is 329 g/mol. The van der Waals surface area contributed by atoms with Gasteiger partial charge in [-0.25, -0.2) is 4.39 Å². The molecule has 2 heterocycles. The topological polar surface area (TPSA) is 33.5 Å². The van der Waals surface area contributed by atoms with Gasteiger partial charge in [0.15, 0.2) is 0 Å². The lowest BCUT2D eigenvalue weighted by Gasteiger charge is -2.37. The molecule has 0 bridgehead atoms. The molecule has 1 aliphatic heterocycles. The minimum atomic E-state index is -0.441. The molecule has 0 saturated carbocycles. The van der Waals surface area contributed by atoms with Gasteiger partial charge < -0.3 is 9.32 Å². The molecule has 1 atom stereocenters. The molecule has 1 aromatic heterocycles. The zero-order valence-corrected chi connectivity index (χ0v) is 14.8. The van der Waals surface area contributed by atoms with Crippen LogP contribution in [0.5, 0.6) is 0 Å². The molecule has 0 fully saturated rings. The summed E-state index contributed by atoms with van der Waals surface area (Å²) in [5.74, 6) is 0.874. The maximum Gasteiger partial charge on any atom is 0.258 e. The fourth-order valence-corrected chi connectivity index (χ4v) is 3.82. The van der Waals surface area contributed by atoms with Crippen LogP contribution in [-0.2, 0) is 6.42 Å². The van der Waals surface area contributed by atoms with E-state index in [1.165, 1.54) is 6.07 Å². The van der Waals surface area contributed by atoms with Crippen LogP contribution in [0.1, 0.15) is 44.6 Å². The number of halogens is 1. The standard InChI is InChI=1S/C22H20FNO2/c1-14-13-19(15(2)26-14)22(25)24-12-11-16-7-3-4-8-17(16)21(24)18-9-5-6-10-20(18)23/h3-10,13,21H,11-12H2,1-2H3. The summed E-state index contributed by atoms with van der Waals surface area (Å²) < 4.78 is 20.2. The minimum absolute atomic E-state index is 0.123. The Morgan fingerprint density at radius 3 is 2.46 bits per heavy atom. The van der Waals surface area contributed by atoms with Gasteiger partial charge >= 0.3 is 0 Å². The fraction of sp³-hybridized carbons (Fsp3) is 0.227. The molecule has 1 unspecified atom stereocenters. The zero-order valence-electron chi connectivity index (χ0n) is 14.8. The van der Waals surface area contributed by atoms with E-state index < -0.39 is 6.04 Å². The predicted molar refractivity (Wildman–Crippen MR) is 97.6 cm³/mol. The summed E-state index contributed by atoms with van der Waals surface area (Å²) >= 11 is 0. The van der Waals surface area contributed by atoms with E-state index in [1.807, 2.05) is 31.2 Å². The van der Waals surface area contributed by atoms with Crippen molar-refractivity contribution in [2.45, 2.75) is 26.3 Å². The molecule has 1 amide bonds. The summed E-state index contributed by atoms with van der Waals surface area (Å²) in [6, 6.07) is 16.0. The monoisotopic (exact) mass is 349 g/mol. The van der Waals surface area contributed by atoms with E-state index in [9.17, 15) is 9.18 Å². The molecule has 4 heteroatoms. The lowest BCUT2D eigenvalue weighted by molar-refractivity contribution is 0.0690. The summed E-state index contributed by atoms with van der Waals surface area (Å²) in [7, 11) is 0. The molecule has 3 nitrogen and oxygen atoms in total. The van der Waals surface area contributed by atoms with Crippen molar-refractivity contribution in [2.75, 3.05) is 6.54 Å². The van der Waals surface area contributed by atoms with Gasteiger partial charge in [0.2, 0.25) is 0 Å². The van der Waals surface area contributed by atoms with Crippen LogP contribution >= 0.6 is 0 Å². The molecule has 0 radical (unpaired) electrons. The highest BCUT2D eigenvalue weighted by atomic mass is 19.1. The van der Waals surface area contributed by atoms with Crippen molar-refractivity contribution < 1.29 is 13.6 Å². The van der Waals surface area contributed by atoms with Gasteiger partial charge in [0, 0.05) is 12.1 Å². The van der Waals surface area contributed by atoms with Gasteiger partial charge in [-0.2, -0.15) is 0 Å². The van der Waals surface area contributed by atoms with Crippen molar-refractivity contribution in [3.63, 3.8) is 0 Å². The summed E-state index contributed by atoms with van der Waals surface area (Å²) in [5.41, 5.74) is 3.20. The van der Waals surface area contributed by atoms with Crippen LogP contribution in [0.3, 0.4) is 0 Å². The van der Waals surface area contributed by atoms with Gasteiger partial charge in [-0.15, -0.1) is 0 Å². The molecule has 2 aromatic carbocycles. The Bertz CT molecular complexity index is 976. The highest BCUT2D eigenvalue weighted by molar-refractivity contribution is 5.96. The largest absolute Gasteiger partial charge is 0.466 e. The first-order valence-electron chi connectivity index (χ1n) is 8.76. The highest BCUT2D eigenvalue weighted by Gasteiger charge is 2.34. The first kappa shape index (κ1) is 16.6. The quantitative estimate of drug-likeness (QED) is 0.664. The second kappa shape index (κ2) is 6.45. The van der Waals surface area contributed by atoms with Crippen LogP contribution in [0.2, 0.25) is 0 Å². The highest BCUT2D eigenvalue weighted by Crippen LogP contribution is 2.37. The molecular formula is C22H20FNO2. The van der Waals surface area contributed by atoms with E-state index in [-0.39, 0.29) is 11.7 Å². The Kier molecular flexibility index (Phi) is 4.11. The third-order valence-electron chi connectivity index (χ3n) is 5.02. The maximum absolute atomic E-state index is 14.6. The zero-order chi connectivity index (χ0) is 18.3. The van der Waals surface area contributed by atoms with Crippen LogP contribution in [0.15, 0.2) is 59.0 Å². The predicted octanol–water partition coefficient (Wildman–Crippen LogP) is 4.82. The van der Waals surface area contributed by atoms with Crippen LogP contribution in [0.4, 0.5) is 4.39 Å². The van der Waals surface area contributed by atoms with Crippen molar-refractivity contribution in [1.29, 1.82) is 0 Å². The number of carbonyl (C=O) groups is 1. The van der Waals surface area contributed by atoms with Gasteiger partial charge in [-0.1, -0.05) is 42.5 Å². The SMILES string of the molecule is Cc1cc(C(=O)N2CCc3ccccc3C2c2ccccc2F)c(C)o1. The Balaban J connectivity index is 1.85. The van der Waals surface area contributed by atoms with Gasteiger partial charge in [-0.05, 0) is 43.5 Å². The molecule has 1 aliphatic rings. The average molecular weight is 349 g/mol. The molecule has 0 aliphatic carbocycles. The molecule has 0 saturated heterocycles. The summed E-state index contributed by atoms with van der Waals surface area (Å²) in [6.07, 6.45) is 0.753. The van der Waals surface area contributed by atoms with E-state index in [2.05, 4.69) is 6.07 Å². The van der Waals surface area contributed by atoms with Crippen LogP contribution in [0.25, 0.3) is 0 Å². The number of furan rings is 1. The Hall–Kier alpha value is -2.88. The summed E-state index contributed by atoms with van der Waals surface area (Å²) in [6.45, 7) is 4.15. The molecule has 4 rings (SSSR count). The first-order valence-corrected chi connectivity index (χ1v) is 8.76. The number of carbonyl (C=O) groups excluding carboxylic acids is 1. The van der Waals surface area contributed by atoms with Crippen molar-refractivity contribution in [2.24, 2.45) is 0 Å². The third-order valence-corrected chi connectivity index (χ3v) is 5.02. The number of amides is 1. The van der Waals surface area contributed by atoms with E-state index in [0.29, 0.717) is 29.2 Å². The van der Waals surface area contributed by atoms with E-state index in [1.54, 1.807) is 30.0 Å². The molecule has 0 spiro atoms. The Morgan fingerprint density at radius 2 is 1.77 bits per heavy atom. The molecule has 3 aromatic rings. The van der Waals surface area contributed by atoms with Gasteiger partial charge in [0.1, 0.15) is 17.3 Å². The van der Waals surface area contributed by atoms with Gasteiger partial charge in [0.05, 0.1) is 11.6 Å². The second-order valence-electron chi connectivity index (χ2n) is 6.70. The van der Waals surface area contributed by atoms with E-state index >= 15 is 0 Å². The maximum atomic E-state index is 14.6. The molecule has 132 valence electrons. The lowest BCUT2D eigenvalue weighted by atomic mass is 9.87. The third kappa shape index (κ3) is 2.71. The van der Waals surface area contributed by atoms with Crippen molar-refractivity contribution in [3.8, 4) is 0 Å². The average Bonchev–Trinajstić information content (AvgIpc) is 2.99. The van der Waals surface area contributed by atoms with Crippen LogP contribution < -0.4 is 0 Å². The smallest absolute Gasteiger partial charge is 0.258 e.